The number of oxazole rings is 1. The van der Waals surface area contributed by atoms with E-state index < -0.39 is 0 Å². The van der Waals surface area contributed by atoms with Gasteiger partial charge in [-0.05, 0) is 43.5 Å². The molecule has 0 atom stereocenters. The summed E-state index contributed by atoms with van der Waals surface area (Å²) in [6, 6.07) is 9.27. The van der Waals surface area contributed by atoms with Gasteiger partial charge in [-0.1, -0.05) is 18.2 Å². The Kier molecular flexibility index (Phi) is 4.88. The Morgan fingerprint density at radius 2 is 2.07 bits per heavy atom. The van der Waals surface area contributed by atoms with Gasteiger partial charge in [0.25, 0.3) is 0 Å². The van der Waals surface area contributed by atoms with Crippen LogP contribution in [0.25, 0.3) is 16.7 Å². The van der Waals surface area contributed by atoms with Crippen LogP contribution in [0.15, 0.2) is 57.9 Å². The van der Waals surface area contributed by atoms with Crippen molar-refractivity contribution in [2.45, 2.75) is 32.6 Å². The zero-order valence-corrected chi connectivity index (χ0v) is 16.5. The molecule has 0 saturated carbocycles. The van der Waals surface area contributed by atoms with Crippen molar-refractivity contribution in [1.29, 1.82) is 0 Å². The third-order valence-corrected chi connectivity index (χ3v) is 4.93. The fourth-order valence-electron chi connectivity index (χ4n) is 3.46. The second-order valence-electron chi connectivity index (χ2n) is 7.37. The molecular weight excluding hydrogens is 368 g/mol. The summed E-state index contributed by atoms with van der Waals surface area (Å²) in [6.45, 7) is 5.90. The standard InChI is InChI=1S/C22H22N4O3/c1-14(2)11-16-13-17(24-21-9-10-23-26(16)21)19(27)6-4-5-15-7-8-20-18(12-15)25(3)22(28)29-20/h7-10,12-13H,1,4-6,11H2,2-3H3. The number of Topliss-reactive ketones (excluding diaryl/α,β-unsaturated/α-hetero) is 1. The first-order chi connectivity index (χ1) is 13.9. The van der Waals surface area contributed by atoms with Gasteiger partial charge >= 0.3 is 5.76 Å². The monoisotopic (exact) mass is 390 g/mol. The van der Waals surface area contributed by atoms with E-state index in [2.05, 4.69) is 16.7 Å². The minimum Gasteiger partial charge on any atom is -0.408 e. The molecule has 148 valence electrons. The van der Waals surface area contributed by atoms with Crippen LogP contribution < -0.4 is 5.76 Å². The molecule has 4 aromatic rings. The van der Waals surface area contributed by atoms with Gasteiger partial charge in [0.2, 0.25) is 0 Å². The van der Waals surface area contributed by atoms with E-state index >= 15 is 0 Å². The molecule has 0 fully saturated rings. The largest absolute Gasteiger partial charge is 0.419 e. The topological polar surface area (TPSA) is 82.4 Å². The van der Waals surface area contributed by atoms with Crippen LogP contribution in [0.3, 0.4) is 0 Å². The highest BCUT2D eigenvalue weighted by Crippen LogP contribution is 2.17. The van der Waals surface area contributed by atoms with Crippen LogP contribution in [0, 0.1) is 0 Å². The summed E-state index contributed by atoms with van der Waals surface area (Å²) in [5, 5.41) is 4.28. The molecule has 0 radical (unpaired) electrons. The lowest BCUT2D eigenvalue weighted by Crippen LogP contribution is -2.09. The molecule has 4 rings (SSSR count). The fraction of sp³-hybridized carbons (Fsp3) is 0.273. The van der Waals surface area contributed by atoms with Crippen molar-refractivity contribution in [2.75, 3.05) is 0 Å². The van der Waals surface area contributed by atoms with Crippen LogP contribution in [0.5, 0.6) is 0 Å². The van der Waals surface area contributed by atoms with Gasteiger partial charge in [0, 0.05) is 26.0 Å². The number of carbonyl (C=O) groups excluding carboxylic acids is 1. The van der Waals surface area contributed by atoms with E-state index in [1.807, 2.05) is 25.1 Å². The predicted octanol–water partition coefficient (Wildman–Crippen LogP) is 3.50. The number of rotatable bonds is 7. The molecule has 0 aliphatic rings. The first-order valence-electron chi connectivity index (χ1n) is 9.52. The average molecular weight is 390 g/mol. The summed E-state index contributed by atoms with van der Waals surface area (Å²) in [4.78, 5) is 28.8. The molecule has 0 bridgehead atoms. The van der Waals surface area contributed by atoms with Crippen LogP contribution in [-0.4, -0.2) is 24.9 Å². The average Bonchev–Trinajstić information content (AvgIpc) is 3.26. The summed E-state index contributed by atoms with van der Waals surface area (Å²) in [5.74, 6) is -0.368. The molecule has 1 aromatic carbocycles. The van der Waals surface area contributed by atoms with Crippen LogP contribution in [0.4, 0.5) is 0 Å². The van der Waals surface area contributed by atoms with Crippen molar-refractivity contribution >= 4 is 22.5 Å². The number of benzene rings is 1. The number of ketones is 1. The normalized spacial score (nSPS) is 11.4. The van der Waals surface area contributed by atoms with Gasteiger partial charge in [-0.25, -0.2) is 14.3 Å². The van der Waals surface area contributed by atoms with E-state index in [0.29, 0.717) is 36.2 Å². The Morgan fingerprint density at radius 3 is 2.86 bits per heavy atom. The zero-order chi connectivity index (χ0) is 20.5. The van der Waals surface area contributed by atoms with Crippen LogP contribution in [0.1, 0.15) is 41.5 Å². The predicted molar refractivity (Wildman–Crippen MR) is 110 cm³/mol. The molecular formula is C22H22N4O3. The lowest BCUT2D eigenvalue weighted by atomic mass is 10.0. The second kappa shape index (κ2) is 7.50. The molecule has 3 aromatic heterocycles. The number of aryl methyl sites for hydroxylation is 2. The third kappa shape index (κ3) is 3.76. The maximum Gasteiger partial charge on any atom is 0.419 e. The number of allylic oxidation sites excluding steroid dienone is 1. The lowest BCUT2D eigenvalue weighted by molar-refractivity contribution is 0.0975. The maximum absolute atomic E-state index is 12.7. The molecule has 0 aliphatic carbocycles. The Hall–Kier alpha value is -3.48. The first-order valence-corrected chi connectivity index (χ1v) is 9.52. The van der Waals surface area contributed by atoms with Crippen molar-refractivity contribution < 1.29 is 9.21 Å². The van der Waals surface area contributed by atoms with E-state index in [1.54, 1.807) is 29.9 Å². The Balaban J connectivity index is 1.48. The molecule has 0 aliphatic heterocycles. The lowest BCUT2D eigenvalue weighted by Gasteiger charge is -2.08. The van der Waals surface area contributed by atoms with Gasteiger partial charge in [0.05, 0.1) is 17.4 Å². The Labute approximate surface area is 167 Å². The Bertz CT molecular complexity index is 1290. The van der Waals surface area contributed by atoms with E-state index in [9.17, 15) is 9.59 Å². The first kappa shape index (κ1) is 18.9. The molecule has 7 heteroatoms. The summed E-state index contributed by atoms with van der Waals surface area (Å²) in [5.41, 5.74) is 5.42. The number of fused-ring (bicyclic) bond motifs is 2. The molecule has 29 heavy (non-hydrogen) atoms. The molecule has 0 saturated heterocycles. The van der Waals surface area contributed by atoms with Crippen molar-refractivity contribution in [1.82, 2.24) is 19.2 Å². The summed E-state index contributed by atoms with van der Waals surface area (Å²) in [7, 11) is 1.68. The van der Waals surface area contributed by atoms with Crippen molar-refractivity contribution in [3.05, 3.63) is 76.2 Å². The maximum atomic E-state index is 12.7. The molecule has 0 unspecified atom stereocenters. The van der Waals surface area contributed by atoms with E-state index in [-0.39, 0.29) is 11.5 Å². The summed E-state index contributed by atoms with van der Waals surface area (Å²) >= 11 is 0. The van der Waals surface area contributed by atoms with Crippen LogP contribution in [0.2, 0.25) is 0 Å². The Morgan fingerprint density at radius 1 is 1.24 bits per heavy atom. The number of nitrogens with zero attached hydrogens (tertiary/aromatic N) is 4. The van der Waals surface area contributed by atoms with Crippen LogP contribution >= 0.6 is 0 Å². The molecule has 0 N–H and O–H groups in total. The number of aromatic nitrogens is 4. The molecule has 7 nitrogen and oxygen atoms in total. The number of carbonyl (C=O) groups is 1. The highest BCUT2D eigenvalue weighted by atomic mass is 16.4. The molecule has 0 spiro atoms. The van der Waals surface area contributed by atoms with Gasteiger partial charge in [0.15, 0.2) is 17.0 Å². The van der Waals surface area contributed by atoms with Gasteiger partial charge in [-0.2, -0.15) is 5.10 Å². The van der Waals surface area contributed by atoms with Gasteiger partial charge in [0.1, 0.15) is 5.69 Å². The fourth-order valence-corrected chi connectivity index (χ4v) is 3.46. The molecule has 0 amide bonds. The van der Waals surface area contributed by atoms with Gasteiger partial charge in [-0.3, -0.25) is 9.36 Å². The smallest absolute Gasteiger partial charge is 0.408 e. The zero-order valence-electron chi connectivity index (χ0n) is 16.5. The van der Waals surface area contributed by atoms with E-state index in [0.717, 1.165) is 28.8 Å². The van der Waals surface area contributed by atoms with E-state index in [4.69, 9.17) is 4.42 Å². The number of hydrogen-bond acceptors (Lipinski definition) is 5. The summed E-state index contributed by atoms with van der Waals surface area (Å²) < 4.78 is 8.38. The molecule has 3 heterocycles. The third-order valence-electron chi connectivity index (χ3n) is 4.93. The van der Waals surface area contributed by atoms with Crippen molar-refractivity contribution in [3.63, 3.8) is 0 Å². The van der Waals surface area contributed by atoms with Gasteiger partial charge < -0.3 is 4.42 Å². The number of hydrogen-bond donors (Lipinski definition) is 0. The summed E-state index contributed by atoms with van der Waals surface area (Å²) in [6.07, 6.45) is 4.14. The SMILES string of the molecule is C=C(C)Cc1cc(C(=O)CCCc2ccc3oc(=O)n(C)c3c2)nc2ccnn12. The minimum atomic E-state index is -0.376. The highest BCUT2D eigenvalue weighted by molar-refractivity contribution is 5.94. The minimum absolute atomic E-state index is 0.00783. The highest BCUT2D eigenvalue weighted by Gasteiger charge is 2.13. The quantitative estimate of drug-likeness (QED) is 0.356. The van der Waals surface area contributed by atoms with Crippen LogP contribution in [-0.2, 0) is 19.9 Å². The van der Waals surface area contributed by atoms with Crippen molar-refractivity contribution in [3.8, 4) is 0 Å². The second-order valence-corrected chi connectivity index (χ2v) is 7.37. The van der Waals surface area contributed by atoms with E-state index in [1.165, 1.54) is 4.57 Å². The van der Waals surface area contributed by atoms with Crippen molar-refractivity contribution in [2.24, 2.45) is 7.05 Å². The van der Waals surface area contributed by atoms with Gasteiger partial charge in [-0.15, -0.1) is 0 Å².